The fraction of sp³-hybridized carbons (Fsp3) is 0.588. The number of nitrogens with zero attached hydrogens (tertiary/aromatic N) is 9. The zero-order valence-corrected chi connectivity index (χ0v) is 29.7. The molecule has 4 heterocycles. The predicted octanol–water partition coefficient (Wildman–Crippen LogP) is 5.59. The van der Waals surface area contributed by atoms with E-state index in [0.29, 0.717) is 47.8 Å². The van der Waals surface area contributed by atoms with E-state index in [2.05, 4.69) is 54.2 Å². The van der Waals surface area contributed by atoms with Gasteiger partial charge in [0.2, 0.25) is 5.95 Å². The van der Waals surface area contributed by atoms with E-state index in [9.17, 15) is 0 Å². The predicted molar refractivity (Wildman–Crippen MR) is 185 cm³/mol. The van der Waals surface area contributed by atoms with Crippen LogP contribution in [0.2, 0.25) is 5.02 Å². The zero-order valence-electron chi connectivity index (χ0n) is 28.9. The van der Waals surface area contributed by atoms with Crippen molar-refractivity contribution in [3.63, 3.8) is 0 Å². The molecule has 4 atom stereocenters. The molecule has 0 spiro atoms. The van der Waals surface area contributed by atoms with Gasteiger partial charge >= 0.3 is 0 Å². The molecule has 2 aliphatic rings. The zero-order chi connectivity index (χ0) is 34.3. The molecular weight excluding hydrogens is 648 g/mol. The average molecular weight is 695 g/mol. The van der Waals surface area contributed by atoms with Crippen LogP contribution in [0.25, 0.3) is 11.1 Å². The molecule has 3 aromatic heterocycles. The average Bonchev–Trinajstić information content (AvgIpc) is 3.74. The summed E-state index contributed by atoms with van der Waals surface area (Å²) >= 11 is 6.47. The molecule has 0 bridgehead atoms. The molecule has 1 saturated heterocycles. The van der Waals surface area contributed by atoms with Gasteiger partial charge in [-0.3, -0.25) is 9.58 Å². The van der Waals surface area contributed by atoms with E-state index in [0.717, 1.165) is 62.0 Å². The molecule has 1 aliphatic carbocycles. The molecule has 15 heteroatoms. The van der Waals surface area contributed by atoms with Gasteiger partial charge in [-0.25, -0.2) is 14.6 Å². The van der Waals surface area contributed by atoms with Gasteiger partial charge in [0.15, 0.2) is 0 Å². The molecule has 1 aliphatic heterocycles. The summed E-state index contributed by atoms with van der Waals surface area (Å²) < 4.78 is 27.4. The number of ether oxygens (including phenoxy) is 4. The summed E-state index contributed by atoms with van der Waals surface area (Å²) in [6, 6.07) is 6.48. The van der Waals surface area contributed by atoms with Crippen LogP contribution in [0, 0.1) is 0 Å². The van der Waals surface area contributed by atoms with Crippen molar-refractivity contribution in [3.05, 3.63) is 48.1 Å². The first-order valence-electron chi connectivity index (χ1n) is 17.1. The number of aromatic nitrogens is 8. The highest BCUT2D eigenvalue weighted by Gasteiger charge is 2.32. The second kappa shape index (κ2) is 16.2. The largest absolute Gasteiger partial charge is 0.487 e. The molecule has 264 valence electrons. The monoisotopic (exact) mass is 694 g/mol. The van der Waals surface area contributed by atoms with E-state index in [4.69, 9.17) is 35.6 Å². The fourth-order valence-electron chi connectivity index (χ4n) is 6.69. The first-order valence-corrected chi connectivity index (χ1v) is 17.5. The Hall–Kier alpha value is -3.85. The summed E-state index contributed by atoms with van der Waals surface area (Å²) in [6.07, 6.45) is 12.5. The molecule has 2 fully saturated rings. The number of morpholine rings is 1. The third kappa shape index (κ3) is 9.24. The second-order valence-corrected chi connectivity index (χ2v) is 13.6. The van der Waals surface area contributed by atoms with E-state index in [1.54, 1.807) is 36.6 Å². The minimum absolute atomic E-state index is 0.0786. The molecule has 0 unspecified atom stereocenters. The normalized spacial score (nSPS) is 22.8. The summed E-state index contributed by atoms with van der Waals surface area (Å²) in [5.41, 5.74) is 2.43. The Labute approximate surface area is 292 Å². The maximum absolute atomic E-state index is 6.47. The van der Waals surface area contributed by atoms with Crippen molar-refractivity contribution in [1.29, 1.82) is 0 Å². The smallest absolute Gasteiger partial charge is 0.257 e. The van der Waals surface area contributed by atoms with Crippen LogP contribution in [0.5, 0.6) is 11.6 Å². The summed E-state index contributed by atoms with van der Waals surface area (Å²) in [5, 5.41) is 20.0. The van der Waals surface area contributed by atoms with Crippen molar-refractivity contribution in [2.45, 2.75) is 103 Å². The molecule has 14 nitrogen and oxygen atoms in total. The lowest BCUT2D eigenvalue weighted by atomic mass is 9.89. The van der Waals surface area contributed by atoms with Crippen molar-refractivity contribution in [2.75, 3.05) is 32.1 Å². The van der Waals surface area contributed by atoms with Gasteiger partial charge in [0.25, 0.3) is 5.88 Å². The standard InChI is InChI=1S/C34H47ClN10O4/c1-22(12-13-46-5)49-33-31(20-45(40-33)29-9-7-28(8-10-29)43-17-23(2)47-24(3)18-43)39-34-36-15-27(16-37-34)26-6-11-30(35)32(14-26)48-25(4)19-44-21-38-41-42-44/h6,11,14-16,20-25,28-29H,7-10,12-13,17-19H2,1-5H3,(H,36,37,39)/t22-,23-,24+,25-,28-,29-/m0/s1. The Morgan fingerprint density at radius 3 is 2.41 bits per heavy atom. The van der Waals surface area contributed by atoms with Crippen molar-refractivity contribution < 1.29 is 18.9 Å². The van der Waals surface area contributed by atoms with Crippen LogP contribution in [0.1, 0.15) is 65.8 Å². The van der Waals surface area contributed by atoms with Gasteiger partial charge in [-0.15, -0.1) is 10.2 Å². The number of benzene rings is 1. The molecule has 4 aromatic rings. The number of methoxy groups -OCH3 is 1. The third-order valence-corrected chi connectivity index (χ3v) is 9.38. The summed E-state index contributed by atoms with van der Waals surface area (Å²) in [6.45, 7) is 11.4. The molecule has 0 amide bonds. The van der Waals surface area contributed by atoms with E-state index in [-0.39, 0.29) is 24.4 Å². The Kier molecular flexibility index (Phi) is 11.6. The second-order valence-electron chi connectivity index (χ2n) is 13.2. The van der Waals surface area contributed by atoms with Crippen LogP contribution in [-0.4, -0.2) is 102 Å². The molecule has 1 aromatic carbocycles. The highest BCUT2D eigenvalue weighted by Crippen LogP contribution is 2.36. The van der Waals surface area contributed by atoms with Crippen LogP contribution in [0.15, 0.2) is 43.1 Å². The number of halogens is 1. The van der Waals surface area contributed by atoms with Crippen LogP contribution in [-0.2, 0) is 16.0 Å². The number of anilines is 2. The van der Waals surface area contributed by atoms with Crippen molar-refractivity contribution >= 4 is 23.2 Å². The van der Waals surface area contributed by atoms with Gasteiger partial charge in [-0.2, -0.15) is 0 Å². The minimum atomic E-state index is -0.207. The molecule has 1 N–H and O–H groups in total. The van der Waals surface area contributed by atoms with Gasteiger partial charge in [0, 0.05) is 57.2 Å². The Morgan fingerprint density at radius 1 is 0.980 bits per heavy atom. The van der Waals surface area contributed by atoms with E-state index < -0.39 is 0 Å². The maximum atomic E-state index is 6.47. The van der Waals surface area contributed by atoms with E-state index >= 15 is 0 Å². The van der Waals surface area contributed by atoms with Gasteiger partial charge in [0.05, 0.1) is 42.1 Å². The molecule has 6 rings (SSSR count). The number of nitrogens with one attached hydrogen (secondary N) is 1. The quantitative estimate of drug-likeness (QED) is 0.176. The fourth-order valence-corrected chi connectivity index (χ4v) is 6.85. The number of hydrogen-bond donors (Lipinski definition) is 1. The highest BCUT2D eigenvalue weighted by molar-refractivity contribution is 6.32. The number of rotatable bonds is 14. The van der Waals surface area contributed by atoms with Crippen molar-refractivity contribution in [2.24, 2.45) is 0 Å². The van der Waals surface area contributed by atoms with Crippen LogP contribution < -0.4 is 14.8 Å². The lowest BCUT2D eigenvalue weighted by molar-refractivity contribution is -0.0852. The van der Waals surface area contributed by atoms with Crippen LogP contribution >= 0.6 is 11.6 Å². The van der Waals surface area contributed by atoms with Crippen molar-refractivity contribution in [1.82, 2.24) is 44.9 Å². The van der Waals surface area contributed by atoms with Gasteiger partial charge in [0.1, 0.15) is 23.9 Å². The number of tetrazole rings is 1. The van der Waals surface area contributed by atoms with Crippen molar-refractivity contribution in [3.8, 4) is 22.8 Å². The third-order valence-electron chi connectivity index (χ3n) is 9.07. The first-order chi connectivity index (χ1) is 23.7. The lowest BCUT2D eigenvalue weighted by Crippen LogP contribution is -2.51. The van der Waals surface area contributed by atoms with Gasteiger partial charge in [-0.1, -0.05) is 17.7 Å². The van der Waals surface area contributed by atoms with E-state index in [1.165, 1.54) is 0 Å². The maximum Gasteiger partial charge on any atom is 0.257 e. The summed E-state index contributed by atoms with van der Waals surface area (Å²) in [7, 11) is 1.70. The van der Waals surface area contributed by atoms with Gasteiger partial charge in [-0.05, 0) is 81.5 Å². The van der Waals surface area contributed by atoms with Crippen LogP contribution in [0.3, 0.4) is 0 Å². The summed E-state index contributed by atoms with van der Waals surface area (Å²) in [5.74, 6) is 1.53. The molecule has 49 heavy (non-hydrogen) atoms. The minimum Gasteiger partial charge on any atom is -0.487 e. The van der Waals surface area contributed by atoms with Crippen LogP contribution in [0.4, 0.5) is 11.6 Å². The lowest BCUT2D eigenvalue weighted by Gasteiger charge is -2.42. The topological polar surface area (TPSA) is 139 Å². The SMILES string of the molecule is COCC[C@H](C)Oc1nn([C@H]2CC[C@H](N3C[C@@H](C)O[C@@H](C)C3)CC2)cc1Nc1ncc(-c2ccc(Cl)c(O[C@@H](C)Cn3cnnn3)c2)cn1. The summed E-state index contributed by atoms with van der Waals surface area (Å²) in [4.78, 5) is 11.9. The Bertz CT molecular complexity index is 1600. The Balaban J connectivity index is 1.13. The molecular formula is C34H47ClN10O4. The molecule has 1 saturated carbocycles. The Morgan fingerprint density at radius 2 is 1.71 bits per heavy atom. The molecule has 0 radical (unpaired) electrons. The van der Waals surface area contributed by atoms with E-state index in [1.807, 2.05) is 32.2 Å². The first kappa shape index (κ1) is 35.0. The van der Waals surface area contributed by atoms with Gasteiger partial charge < -0.3 is 24.3 Å². The number of hydrogen-bond acceptors (Lipinski definition) is 12. The highest BCUT2D eigenvalue weighted by atomic mass is 35.5.